The number of carbonyl (C=O) groups is 3. The van der Waals surface area contributed by atoms with E-state index in [1.807, 2.05) is 0 Å². The lowest BCUT2D eigenvalue weighted by Crippen LogP contribution is -2.28. The molecule has 0 saturated carbocycles. The summed E-state index contributed by atoms with van der Waals surface area (Å²) >= 11 is 0. The van der Waals surface area contributed by atoms with Crippen molar-refractivity contribution in [2.24, 2.45) is 0 Å². The number of esters is 2. The summed E-state index contributed by atoms with van der Waals surface area (Å²) in [6.07, 6.45) is 57.9. The second-order valence-electron chi connectivity index (χ2n) is 18.6. The SMILES string of the molecule is CCCCCCCCC=CCCCCCCCC(=O)OC(CO)COC(=O)CCCCCCCCCCCCCCCC(=O)CCCCCCCCCCCCCCCCC. The zero-order valence-electron chi connectivity index (χ0n) is 41.0. The minimum atomic E-state index is -0.784. The van der Waals surface area contributed by atoms with Gasteiger partial charge in [0.05, 0.1) is 6.61 Å². The van der Waals surface area contributed by atoms with Crippen molar-refractivity contribution in [1.82, 2.24) is 0 Å². The maximum atomic E-state index is 12.3. The van der Waals surface area contributed by atoms with Crippen LogP contribution in [0.1, 0.15) is 303 Å². The number of hydrogen-bond donors (Lipinski definition) is 1. The predicted molar refractivity (Wildman–Crippen MR) is 261 cm³/mol. The molecule has 1 N–H and O–H groups in total. The number of unbranched alkanes of at least 4 members (excludes halogenated alkanes) is 37. The lowest BCUT2D eigenvalue weighted by Gasteiger charge is -2.15. The molecule has 0 heterocycles. The van der Waals surface area contributed by atoms with Gasteiger partial charge in [0.15, 0.2) is 6.10 Å². The quantitative estimate of drug-likeness (QED) is 0.0372. The Kier molecular flexibility index (Phi) is 49.5. The smallest absolute Gasteiger partial charge is 0.306 e. The van der Waals surface area contributed by atoms with E-state index in [4.69, 9.17) is 9.47 Å². The highest BCUT2D eigenvalue weighted by molar-refractivity contribution is 5.78. The van der Waals surface area contributed by atoms with Gasteiger partial charge in [0.1, 0.15) is 12.4 Å². The lowest BCUT2D eigenvalue weighted by molar-refractivity contribution is -0.161. The van der Waals surface area contributed by atoms with E-state index < -0.39 is 6.10 Å². The number of carbonyl (C=O) groups excluding carboxylic acids is 3. The van der Waals surface area contributed by atoms with Gasteiger partial charge in [-0.05, 0) is 51.4 Å². The van der Waals surface area contributed by atoms with Crippen LogP contribution >= 0.6 is 0 Å². The van der Waals surface area contributed by atoms with Gasteiger partial charge in [-0.1, -0.05) is 238 Å². The van der Waals surface area contributed by atoms with Gasteiger partial charge in [0.25, 0.3) is 0 Å². The highest BCUT2D eigenvalue weighted by Gasteiger charge is 2.16. The average molecular weight is 861 g/mol. The number of ether oxygens (including phenoxy) is 2. The third-order valence-electron chi connectivity index (χ3n) is 12.5. The fourth-order valence-corrected chi connectivity index (χ4v) is 8.32. The summed E-state index contributed by atoms with van der Waals surface area (Å²) in [7, 11) is 0. The number of rotatable bonds is 51. The Bertz CT molecular complexity index is 947. The summed E-state index contributed by atoms with van der Waals surface area (Å²) in [4.78, 5) is 36.7. The van der Waals surface area contributed by atoms with Gasteiger partial charge in [-0.25, -0.2) is 0 Å². The first kappa shape index (κ1) is 59.3. The predicted octanol–water partition coefficient (Wildman–Crippen LogP) is 17.2. The third-order valence-corrected chi connectivity index (χ3v) is 12.5. The number of Topliss-reactive ketones (excluding diaryl/α,β-unsaturated/α-hetero) is 1. The van der Waals surface area contributed by atoms with Crippen LogP contribution in [0.25, 0.3) is 0 Å². The van der Waals surface area contributed by atoms with Gasteiger partial charge in [-0.15, -0.1) is 0 Å². The van der Waals surface area contributed by atoms with Gasteiger partial charge < -0.3 is 14.6 Å². The fraction of sp³-hybridized carbons (Fsp3) is 0.909. The number of allylic oxidation sites excluding steroid dienone is 2. The largest absolute Gasteiger partial charge is 0.462 e. The zero-order valence-corrected chi connectivity index (χ0v) is 41.0. The topological polar surface area (TPSA) is 89.9 Å². The Morgan fingerprint density at radius 2 is 0.656 bits per heavy atom. The Labute approximate surface area is 379 Å². The van der Waals surface area contributed by atoms with E-state index >= 15 is 0 Å². The van der Waals surface area contributed by atoms with Crippen molar-refractivity contribution >= 4 is 17.7 Å². The summed E-state index contributed by atoms with van der Waals surface area (Å²) < 4.78 is 10.7. The minimum Gasteiger partial charge on any atom is -0.462 e. The van der Waals surface area contributed by atoms with E-state index in [1.54, 1.807) is 0 Å². The molecule has 0 aromatic rings. The second kappa shape index (κ2) is 50.9. The first-order chi connectivity index (χ1) is 30.0. The molecule has 6 nitrogen and oxygen atoms in total. The van der Waals surface area contributed by atoms with E-state index in [9.17, 15) is 19.5 Å². The van der Waals surface area contributed by atoms with Crippen LogP contribution in [-0.4, -0.2) is 42.1 Å². The van der Waals surface area contributed by atoms with Crippen LogP contribution in [-0.2, 0) is 23.9 Å². The van der Waals surface area contributed by atoms with Crippen LogP contribution in [0.4, 0.5) is 0 Å². The van der Waals surface area contributed by atoms with Gasteiger partial charge >= 0.3 is 11.9 Å². The van der Waals surface area contributed by atoms with Gasteiger partial charge in [0, 0.05) is 25.7 Å². The Hall–Kier alpha value is -1.69. The normalized spacial score (nSPS) is 12.0. The molecule has 1 unspecified atom stereocenters. The second-order valence-corrected chi connectivity index (χ2v) is 18.6. The molecule has 360 valence electrons. The van der Waals surface area contributed by atoms with Crippen molar-refractivity contribution in [2.45, 2.75) is 309 Å². The Balaban J connectivity index is 3.45. The highest BCUT2D eigenvalue weighted by Crippen LogP contribution is 2.17. The van der Waals surface area contributed by atoms with Gasteiger partial charge in [0.2, 0.25) is 0 Å². The highest BCUT2D eigenvalue weighted by atomic mass is 16.6. The number of aliphatic hydroxyl groups excluding tert-OH is 1. The molecule has 0 rings (SSSR count). The molecule has 6 heteroatoms. The fourth-order valence-electron chi connectivity index (χ4n) is 8.32. The van der Waals surface area contributed by atoms with E-state index in [-0.39, 0.29) is 25.2 Å². The summed E-state index contributed by atoms with van der Waals surface area (Å²) in [6, 6.07) is 0. The monoisotopic (exact) mass is 861 g/mol. The average Bonchev–Trinajstić information content (AvgIpc) is 3.26. The molecule has 0 aliphatic heterocycles. The molecular formula is C55H104O6. The van der Waals surface area contributed by atoms with Crippen molar-refractivity contribution < 1.29 is 29.0 Å². The van der Waals surface area contributed by atoms with Gasteiger partial charge in [-0.3, -0.25) is 14.4 Å². The molecule has 61 heavy (non-hydrogen) atoms. The van der Waals surface area contributed by atoms with E-state index in [0.717, 1.165) is 70.6 Å². The molecule has 0 aliphatic carbocycles. The standard InChI is InChI=1S/C55H104O6/c1-3-5-7-9-11-13-15-17-19-22-26-30-34-38-42-46-52(57)47-43-39-35-31-27-23-21-25-28-32-36-40-44-48-54(58)60-51-53(50-56)61-55(59)49-45-41-37-33-29-24-20-18-16-14-12-10-8-6-4-2/h18,20,53,56H,3-17,19,21-51H2,1-2H3. The number of hydrogen-bond acceptors (Lipinski definition) is 6. The summed E-state index contributed by atoms with van der Waals surface area (Å²) in [6.45, 7) is 4.13. The first-order valence-electron chi connectivity index (χ1n) is 27.2. The van der Waals surface area contributed by atoms with Crippen molar-refractivity contribution in [3.8, 4) is 0 Å². The molecule has 0 bridgehead atoms. The molecule has 0 amide bonds. The van der Waals surface area contributed by atoms with Crippen molar-refractivity contribution in [1.29, 1.82) is 0 Å². The van der Waals surface area contributed by atoms with Crippen LogP contribution in [0.3, 0.4) is 0 Å². The molecule has 0 radical (unpaired) electrons. The minimum absolute atomic E-state index is 0.0767. The van der Waals surface area contributed by atoms with Crippen LogP contribution in [0.15, 0.2) is 12.2 Å². The summed E-state index contributed by atoms with van der Waals surface area (Å²) in [5.41, 5.74) is 0. The van der Waals surface area contributed by atoms with Crippen molar-refractivity contribution in [3.05, 3.63) is 12.2 Å². The molecule has 0 spiro atoms. The lowest BCUT2D eigenvalue weighted by atomic mass is 10.0. The molecule has 0 fully saturated rings. The summed E-state index contributed by atoms with van der Waals surface area (Å²) in [5.74, 6) is -0.124. The maximum Gasteiger partial charge on any atom is 0.306 e. The number of aliphatic hydroxyl groups is 1. The van der Waals surface area contributed by atoms with Crippen LogP contribution in [0, 0.1) is 0 Å². The first-order valence-corrected chi connectivity index (χ1v) is 27.2. The van der Waals surface area contributed by atoms with Crippen LogP contribution in [0.5, 0.6) is 0 Å². The van der Waals surface area contributed by atoms with Crippen molar-refractivity contribution in [3.63, 3.8) is 0 Å². The summed E-state index contributed by atoms with van der Waals surface area (Å²) in [5, 5.41) is 9.61. The molecule has 0 aromatic heterocycles. The third kappa shape index (κ3) is 49.2. The Morgan fingerprint density at radius 3 is 0.984 bits per heavy atom. The molecule has 0 aromatic carbocycles. The van der Waals surface area contributed by atoms with Crippen LogP contribution < -0.4 is 0 Å². The van der Waals surface area contributed by atoms with E-state index in [0.29, 0.717) is 18.6 Å². The van der Waals surface area contributed by atoms with E-state index in [2.05, 4.69) is 26.0 Å². The molecular weight excluding hydrogens is 757 g/mol. The Morgan fingerprint density at radius 1 is 0.377 bits per heavy atom. The van der Waals surface area contributed by atoms with Crippen LogP contribution in [0.2, 0.25) is 0 Å². The van der Waals surface area contributed by atoms with Gasteiger partial charge in [-0.2, -0.15) is 0 Å². The van der Waals surface area contributed by atoms with Crippen molar-refractivity contribution in [2.75, 3.05) is 13.2 Å². The number of ketones is 1. The maximum absolute atomic E-state index is 12.3. The molecule has 1 atom stereocenters. The van der Waals surface area contributed by atoms with E-state index in [1.165, 1.54) is 205 Å². The molecule has 0 aliphatic rings. The zero-order chi connectivity index (χ0) is 44.4. The molecule has 0 saturated heterocycles.